The summed E-state index contributed by atoms with van der Waals surface area (Å²) in [6, 6.07) is 0.0594. The van der Waals surface area contributed by atoms with Crippen LogP contribution in [0.5, 0.6) is 0 Å². The summed E-state index contributed by atoms with van der Waals surface area (Å²) >= 11 is 0. The molecule has 0 saturated heterocycles. The van der Waals surface area contributed by atoms with Crippen molar-refractivity contribution in [1.29, 1.82) is 0 Å². The number of carboxylic acids is 1. The number of ether oxygens (including phenoxy) is 1. The summed E-state index contributed by atoms with van der Waals surface area (Å²) in [6.07, 6.45) is 3.04. The van der Waals surface area contributed by atoms with Gasteiger partial charge in [0.2, 0.25) is 0 Å². The molecule has 1 atom stereocenters. The van der Waals surface area contributed by atoms with E-state index in [0.717, 1.165) is 12.8 Å². The van der Waals surface area contributed by atoms with E-state index in [-0.39, 0.29) is 6.04 Å². The van der Waals surface area contributed by atoms with Gasteiger partial charge in [-0.05, 0) is 26.7 Å². The van der Waals surface area contributed by atoms with Crippen LogP contribution in [0.15, 0.2) is 0 Å². The Morgan fingerprint density at radius 2 is 1.82 bits per heavy atom. The Balaban J connectivity index is 4.59. The molecule has 0 aromatic carbocycles. The van der Waals surface area contributed by atoms with Gasteiger partial charge in [0.05, 0.1) is 6.61 Å². The Morgan fingerprint density at radius 3 is 2.18 bits per heavy atom. The number of hydrogen-bond acceptors (Lipinski definition) is 3. The van der Waals surface area contributed by atoms with Crippen molar-refractivity contribution in [3.63, 3.8) is 0 Å². The lowest BCUT2D eigenvalue weighted by molar-refractivity contribution is -0.146. The van der Waals surface area contributed by atoms with Gasteiger partial charge in [-0.25, -0.2) is 0 Å². The highest BCUT2D eigenvalue weighted by Gasteiger charge is 2.37. The number of rotatable bonds is 10. The molecule has 0 aliphatic carbocycles. The standard InChI is InChI=1S/C13H27NO3/c1-5-8-13(9-6-2,12(15)16)14-11(4)10-17-7-3/h11,14H,5-10H2,1-4H3,(H,15,16). The van der Waals surface area contributed by atoms with E-state index in [1.807, 2.05) is 27.7 Å². The van der Waals surface area contributed by atoms with Crippen molar-refractivity contribution in [1.82, 2.24) is 5.32 Å². The van der Waals surface area contributed by atoms with Gasteiger partial charge in [-0.1, -0.05) is 26.7 Å². The molecule has 2 N–H and O–H groups in total. The van der Waals surface area contributed by atoms with E-state index < -0.39 is 11.5 Å². The molecular formula is C13H27NO3. The number of carboxylic acid groups (broad SMARTS) is 1. The first kappa shape index (κ1) is 16.4. The molecule has 0 spiro atoms. The van der Waals surface area contributed by atoms with Crippen molar-refractivity contribution in [3.8, 4) is 0 Å². The molecule has 0 aromatic rings. The molecule has 0 aliphatic rings. The van der Waals surface area contributed by atoms with Crippen molar-refractivity contribution in [2.45, 2.75) is 65.0 Å². The Bertz CT molecular complexity index is 213. The van der Waals surface area contributed by atoms with Gasteiger partial charge in [0.25, 0.3) is 0 Å². The van der Waals surface area contributed by atoms with Gasteiger partial charge < -0.3 is 9.84 Å². The summed E-state index contributed by atoms with van der Waals surface area (Å²) in [6.45, 7) is 9.16. The molecule has 0 aromatic heterocycles. The molecule has 0 fully saturated rings. The van der Waals surface area contributed by atoms with Crippen LogP contribution in [-0.4, -0.2) is 35.9 Å². The van der Waals surface area contributed by atoms with Gasteiger partial charge in [0, 0.05) is 12.6 Å². The van der Waals surface area contributed by atoms with Crippen LogP contribution in [0.1, 0.15) is 53.4 Å². The number of carbonyl (C=O) groups is 1. The van der Waals surface area contributed by atoms with Crippen LogP contribution < -0.4 is 5.32 Å². The van der Waals surface area contributed by atoms with Crippen LogP contribution in [-0.2, 0) is 9.53 Å². The maximum Gasteiger partial charge on any atom is 0.323 e. The largest absolute Gasteiger partial charge is 0.480 e. The summed E-state index contributed by atoms with van der Waals surface area (Å²) in [7, 11) is 0. The number of hydrogen-bond donors (Lipinski definition) is 2. The maximum atomic E-state index is 11.5. The Hall–Kier alpha value is -0.610. The Morgan fingerprint density at radius 1 is 1.29 bits per heavy atom. The highest BCUT2D eigenvalue weighted by molar-refractivity contribution is 5.78. The van der Waals surface area contributed by atoms with Crippen molar-refractivity contribution < 1.29 is 14.6 Å². The molecule has 0 amide bonds. The third kappa shape index (κ3) is 5.50. The highest BCUT2D eigenvalue weighted by atomic mass is 16.5. The van der Waals surface area contributed by atoms with Crippen LogP contribution >= 0.6 is 0 Å². The first-order valence-electron chi connectivity index (χ1n) is 6.61. The monoisotopic (exact) mass is 245 g/mol. The first-order valence-corrected chi connectivity index (χ1v) is 6.61. The normalized spacial score (nSPS) is 13.6. The predicted octanol–water partition coefficient (Wildman–Crippen LogP) is 2.42. The van der Waals surface area contributed by atoms with Crippen LogP contribution in [0.2, 0.25) is 0 Å². The van der Waals surface area contributed by atoms with Gasteiger partial charge in [-0.2, -0.15) is 0 Å². The van der Waals surface area contributed by atoms with Crippen LogP contribution in [0, 0.1) is 0 Å². The molecule has 102 valence electrons. The first-order chi connectivity index (χ1) is 8.02. The predicted molar refractivity (Wildman–Crippen MR) is 69.3 cm³/mol. The summed E-state index contributed by atoms with van der Waals surface area (Å²) in [5.74, 6) is -0.746. The minimum absolute atomic E-state index is 0.0594. The third-order valence-electron chi connectivity index (χ3n) is 2.86. The quantitative estimate of drug-likeness (QED) is 0.620. The van der Waals surface area contributed by atoms with Gasteiger partial charge in [-0.15, -0.1) is 0 Å². The molecule has 4 nitrogen and oxygen atoms in total. The molecule has 1 unspecified atom stereocenters. The minimum Gasteiger partial charge on any atom is -0.480 e. The second-order valence-corrected chi connectivity index (χ2v) is 4.59. The molecule has 0 aliphatic heterocycles. The molecule has 17 heavy (non-hydrogen) atoms. The summed E-state index contributed by atoms with van der Waals surface area (Å²) in [5, 5.41) is 12.7. The van der Waals surface area contributed by atoms with Gasteiger partial charge in [-0.3, -0.25) is 10.1 Å². The summed E-state index contributed by atoms with van der Waals surface area (Å²) < 4.78 is 5.32. The fourth-order valence-corrected chi connectivity index (χ4v) is 2.21. The maximum absolute atomic E-state index is 11.5. The van der Waals surface area contributed by atoms with Crippen molar-refractivity contribution in [2.75, 3.05) is 13.2 Å². The van der Waals surface area contributed by atoms with E-state index in [9.17, 15) is 9.90 Å². The number of nitrogens with one attached hydrogen (secondary N) is 1. The lowest BCUT2D eigenvalue weighted by Gasteiger charge is -2.33. The Kier molecular flexibility index (Phi) is 8.17. The summed E-state index contributed by atoms with van der Waals surface area (Å²) in [5.41, 5.74) is -0.792. The van der Waals surface area contributed by atoms with Crippen LogP contribution in [0.25, 0.3) is 0 Å². The van der Waals surface area contributed by atoms with E-state index in [1.54, 1.807) is 0 Å². The molecule has 0 rings (SSSR count). The Labute approximate surface area is 105 Å². The second kappa shape index (κ2) is 8.48. The van der Waals surface area contributed by atoms with E-state index in [0.29, 0.717) is 26.1 Å². The van der Waals surface area contributed by atoms with Crippen LogP contribution in [0.3, 0.4) is 0 Å². The zero-order valence-corrected chi connectivity index (χ0v) is 11.6. The molecular weight excluding hydrogens is 218 g/mol. The topological polar surface area (TPSA) is 58.6 Å². The zero-order chi connectivity index (χ0) is 13.3. The summed E-state index contributed by atoms with van der Waals surface area (Å²) in [4.78, 5) is 11.5. The molecule has 0 saturated carbocycles. The average molecular weight is 245 g/mol. The third-order valence-corrected chi connectivity index (χ3v) is 2.86. The van der Waals surface area contributed by atoms with Gasteiger partial charge in [0.1, 0.15) is 5.54 Å². The highest BCUT2D eigenvalue weighted by Crippen LogP contribution is 2.21. The molecule has 4 heteroatoms. The average Bonchev–Trinajstić information content (AvgIpc) is 2.26. The van der Waals surface area contributed by atoms with Crippen molar-refractivity contribution >= 4 is 5.97 Å². The fourth-order valence-electron chi connectivity index (χ4n) is 2.21. The second-order valence-electron chi connectivity index (χ2n) is 4.59. The lowest BCUT2D eigenvalue weighted by Crippen LogP contribution is -2.56. The van der Waals surface area contributed by atoms with Crippen LogP contribution in [0.4, 0.5) is 0 Å². The lowest BCUT2D eigenvalue weighted by atomic mass is 9.88. The van der Waals surface area contributed by atoms with Gasteiger partial charge in [0.15, 0.2) is 0 Å². The molecule has 0 heterocycles. The van der Waals surface area contributed by atoms with E-state index in [1.165, 1.54) is 0 Å². The van der Waals surface area contributed by atoms with Crippen molar-refractivity contribution in [2.24, 2.45) is 0 Å². The zero-order valence-electron chi connectivity index (χ0n) is 11.6. The number of aliphatic carboxylic acids is 1. The van der Waals surface area contributed by atoms with E-state index in [4.69, 9.17) is 4.74 Å². The molecule has 0 bridgehead atoms. The molecule has 0 radical (unpaired) electrons. The minimum atomic E-state index is -0.792. The smallest absolute Gasteiger partial charge is 0.323 e. The van der Waals surface area contributed by atoms with E-state index in [2.05, 4.69) is 5.32 Å². The van der Waals surface area contributed by atoms with Crippen molar-refractivity contribution in [3.05, 3.63) is 0 Å². The fraction of sp³-hybridized carbons (Fsp3) is 0.923. The SMILES string of the molecule is CCCC(CCC)(NC(C)COCC)C(=O)O. The van der Waals surface area contributed by atoms with Gasteiger partial charge >= 0.3 is 5.97 Å². The van der Waals surface area contributed by atoms with E-state index >= 15 is 0 Å².